The van der Waals surface area contributed by atoms with Gasteiger partial charge < -0.3 is 9.30 Å². The van der Waals surface area contributed by atoms with Crippen molar-refractivity contribution in [3.63, 3.8) is 0 Å². The summed E-state index contributed by atoms with van der Waals surface area (Å²) in [7, 11) is 0. The molecule has 2 aliphatic rings. The summed E-state index contributed by atoms with van der Waals surface area (Å²) in [5.74, 6) is 0. The molecule has 0 spiro atoms. The van der Waals surface area contributed by atoms with Gasteiger partial charge in [0.25, 0.3) is 0 Å². The first-order chi connectivity index (χ1) is 10.3. The van der Waals surface area contributed by atoms with Gasteiger partial charge in [-0.25, -0.2) is 9.37 Å². The molecule has 3 nitrogen and oxygen atoms in total. The van der Waals surface area contributed by atoms with Crippen LogP contribution in [0.1, 0.15) is 37.3 Å². The van der Waals surface area contributed by atoms with E-state index in [0.717, 1.165) is 12.1 Å². The second-order valence-electron chi connectivity index (χ2n) is 6.09. The van der Waals surface area contributed by atoms with Crippen molar-refractivity contribution in [3.05, 3.63) is 42.4 Å². The van der Waals surface area contributed by atoms with Crippen LogP contribution in [0.2, 0.25) is 0 Å². The normalized spacial score (nSPS) is 22.8. The van der Waals surface area contributed by atoms with Gasteiger partial charge in [-0.2, -0.15) is 0 Å². The van der Waals surface area contributed by atoms with Gasteiger partial charge in [0, 0.05) is 31.6 Å². The number of hydrogen-bond acceptors (Lipinski definition) is 2. The van der Waals surface area contributed by atoms with Crippen molar-refractivity contribution in [2.75, 3.05) is 13.2 Å². The number of imidazole rings is 1. The maximum absolute atomic E-state index is 14.8. The molecule has 0 radical (unpaired) electrons. The maximum Gasteiger partial charge on any atom is 0.115 e. The van der Waals surface area contributed by atoms with Crippen molar-refractivity contribution < 1.29 is 9.13 Å². The van der Waals surface area contributed by atoms with E-state index in [-0.39, 0.29) is 6.04 Å². The highest BCUT2D eigenvalue weighted by Gasteiger charge is 2.35. The molecule has 0 aliphatic carbocycles. The Morgan fingerprint density at radius 3 is 2.95 bits per heavy atom. The zero-order valence-corrected chi connectivity index (χ0v) is 12.0. The largest absolute Gasteiger partial charge is 0.381 e. The molecule has 1 fully saturated rings. The monoisotopic (exact) mass is 286 g/mol. The molecule has 110 valence electrons. The van der Waals surface area contributed by atoms with Crippen molar-refractivity contribution >= 4 is 0 Å². The van der Waals surface area contributed by atoms with Gasteiger partial charge in [0.15, 0.2) is 0 Å². The zero-order valence-electron chi connectivity index (χ0n) is 12.0. The van der Waals surface area contributed by atoms with Gasteiger partial charge in [-0.15, -0.1) is 0 Å². The summed E-state index contributed by atoms with van der Waals surface area (Å²) in [4.78, 5) is 4.25. The molecule has 1 saturated heterocycles. The van der Waals surface area contributed by atoms with Crippen LogP contribution in [0.4, 0.5) is 4.39 Å². The quantitative estimate of drug-likeness (QED) is 0.859. The van der Waals surface area contributed by atoms with E-state index < -0.39 is 5.67 Å². The predicted molar refractivity (Wildman–Crippen MR) is 78.9 cm³/mol. The molecule has 4 rings (SSSR count). The summed E-state index contributed by atoms with van der Waals surface area (Å²) in [5.41, 5.74) is 2.62. The molecule has 1 atom stereocenters. The highest BCUT2D eigenvalue weighted by Crippen LogP contribution is 2.43. The predicted octanol–water partition coefficient (Wildman–Crippen LogP) is 3.75. The summed E-state index contributed by atoms with van der Waals surface area (Å²) in [6.45, 7) is 1.10. The van der Waals surface area contributed by atoms with E-state index in [1.807, 2.05) is 18.6 Å². The molecule has 0 bridgehead atoms. The Labute approximate surface area is 123 Å². The minimum absolute atomic E-state index is 0.217. The second-order valence-corrected chi connectivity index (χ2v) is 6.09. The second kappa shape index (κ2) is 4.95. The SMILES string of the molecule is FC1(CCC2c3ccccc3-c3cncn32)CCOCC1. The van der Waals surface area contributed by atoms with Crippen molar-refractivity contribution in [1.82, 2.24) is 9.55 Å². The van der Waals surface area contributed by atoms with Gasteiger partial charge in [-0.1, -0.05) is 24.3 Å². The van der Waals surface area contributed by atoms with E-state index in [1.54, 1.807) is 0 Å². The van der Waals surface area contributed by atoms with E-state index in [0.29, 0.717) is 32.5 Å². The van der Waals surface area contributed by atoms with Crippen molar-refractivity contribution in [3.8, 4) is 11.3 Å². The molecule has 0 saturated carbocycles. The molecule has 1 unspecified atom stereocenters. The van der Waals surface area contributed by atoms with Crippen LogP contribution >= 0.6 is 0 Å². The Bertz CT molecular complexity index is 646. The van der Waals surface area contributed by atoms with Crippen LogP contribution in [-0.2, 0) is 4.74 Å². The van der Waals surface area contributed by atoms with Gasteiger partial charge in [0.05, 0.1) is 24.3 Å². The van der Waals surface area contributed by atoms with Crippen molar-refractivity contribution in [1.29, 1.82) is 0 Å². The van der Waals surface area contributed by atoms with E-state index in [1.165, 1.54) is 11.1 Å². The first kappa shape index (κ1) is 13.0. The number of alkyl halides is 1. The topological polar surface area (TPSA) is 27.1 Å². The number of rotatable bonds is 3. The Morgan fingerprint density at radius 1 is 1.29 bits per heavy atom. The fraction of sp³-hybridized carbons (Fsp3) is 0.471. The number of hydrogen-bond donors (Lipinski definition) is 0. The summed E-state index contributed by atoms with van der Waals surface area (Å²) in [6, 6.07) is 8.61. The fourth-order valence-electron chi connectivity index (χ4n) is 3.61. The molecule has 1 aromatic heterocycles. The van der Waals surface area contributed by atoms with Gasteiger partial charge in [-0.05, 0) is 18.4 Å². The maximum atomic E-state index is 14.8. The molecular formula is C17H19FN2O. The Hall–Kier alpha value is -1.68. The molecule has 2 aromatic rings. The van der Waals surface area contributed by atoms with Crippen LogP contribution in [0.15, 0.2) is 36.8 Å². The third-order valence-electron chi connectivity index (χ3n) is 4.85. The lowest BCUT2D eigenvalue weighted by molar-refractivity contribution is -0.0151. The Balaban J connectivity index is 1.58. The summed E-state index contributed by atoms with van der Waals surface area (Å²) in [6.07, 6.45) is 6.23. The summed E-state index contributed by atoms with van der Waals surface area (Å²) < 4.78 is 22.3. The lowest BCUT2D eigenvalue weighted by Crippen LogP contribution is -2.32. The third kappa shape index (κ3) is 2.18. The Morgan fingerprint density at radius 2 is 2.10 bits per heavy atom. The Kier molecular flexibility index (Phi) is 3.07. The lowest BCUT2D eigenvalue weighted by atomic mass is 9.88. The number of ether oxygens (including phenoxy) is 1. The minimum Gasteiger partial charge on any atom is -0.381 e. The first-order valence-corrected chi connectivity index (χ1v) is 7.65. The standard InChI is InChI=1S/C17H19FN2O/c18-17(7-9-21-10-8-17)6-5-15-13-3-1-2-4-14(13)16-11-19-12-20(15)16/h1-4,11-12,15H,5-10H2. The van der Waals surface area contributed by atoms with Crippen LogP contribution in [0, 0.1) is 0 Å². The van der Waals surface area contributed by atoms with E-state index in [2.05, 4.69) is 27.8 Å². The van der Waals surface area contributed by atoms with Gasteiger partial charge >= 0.3 is 0 Å². The number of fused-ring (bicyclic) bond motifs is 3. The number of aromatic nitrogens is 2. The summed E-state index contributed by atoms with van der Waals surface area (Å²) in [5, 5.41) is 0. The zero-order chi connectivity index (χ0) is 14.3. The highest BCUT2D eigenvalue weighted by molar-refractivity contribution is 5.68. The third-order valence-corrected chi connectivity index (χ3v) is 4.85. The number of halogens is 1. The molecule has 2 aliphatic heterocycles. The van der Waals surface area contributed by atoms with Crippen LogP contribution in [-0.4, -0.2) is 28.4 Å². The minimum atomic E-state index is -1.06. The average molecular weight is 286 g/mol. The number of benzene rings is 1. The average Bonchev–Trinajstić information content (AvgIpc) is 3.07. The van der Waals surface area contributed by atoms with Gasteiger partial charge in [0.2, 0.25) is 0 Å². The van der Waals surface area contributed by atoms with E-state index in [9.17, 15) is 4.39 Å². The van der Waals surface area contributed by atoms with Crippen LogP contribution in [0.25, 0.3) is 11.3 Å². The molecule has 21 heavy (non-hydrogen) atoms. The number of nitrogens with zero attached hydrogens (tertiary/aromatic N) is 2. The van der Waals surface area contributed by atoms with Gasteiger partial charge in [0.1, 0.15) is 5.67 Å². The molecule has 4 heteroatoms. The molecule has 3 heterocycles. The molecular weight excluding hydrogens is 267 g/mol. The molecule has 1 aromatic carbocycles. The fourth-order valence-corrected chi connectivity index (χ4v) is 3.61. The van der Waals surface area contributed by atoms with Crippen molar-refractivity contribution in [2.24, 2.45) is 0 Å². The lowest BCUT2D eigenvalue weighted by Gasteiger charge is -2.30. The highest BCUT2D eigenvalue weighted by atomic mass is 19.1. The van der Waals surface area contributed by atoms with Crippen LogP contribution < -0.4 is 0 Å². The van der Waals surface area contributed by atoms with Gasteiger partial charge in [-0.3, -0.25) is 0 Å². The smallest absolute Gasteiger partial charge is 0.115 e. The molecule has 0 N–H and O–H groups in total. The molecule has 0 amide bonds. The first-order valence-electron chi connectivity index (χ1n) is 7.65. The summed E-state index contributed by atoms with van der Waals surface area (Å²) >= 11 is 0. The van der Waals surface area contributed by atoms with E-state index in [4.69, 9.17) is 4.74 Å². The van der Waals surface area contributed by atoms with E-state index >= 15 is 0 Å². The van der Waals surface area contributed by atoms with Crippen molar-refractivity contribution in [2.45, 2.75) is 37.4 Å². The van der Waals surface area contributed by atoms with Crippen LogP contribution in [0.3, 0.4) is 0 Å². The van der Waals surface area contributed by atoms with Crippen LogP contribution in [0.5, 0.6) is 0 Å².